The molecule has 3 aromatic rings. The molecule has 1 fully saturated rings. The normalized spacial score (nSPS) is 18.2. The molecule has 4 rings (SSSR count). The largest absolute Gasteiger partial charge is 0.383 e. The average Bonchev–Trinajstić information content (AvgIpc) is 3.20. The van der Waals surface area contributed by atoms with Crippen LogP contribution in [0.1, 0.15) is 19.8 Å². The van der Waals surface area contributed by atoms with Crippen molar-refractivity contribution in [2.45, 2.75) is 31.2 Å². The molecule has 32 heavy (non-hydrogen) atoms. The third-order valence-corrected chi connectivity index (χ3v) is 8.41. The molecule has 1 aliphatic heterocycles. The van der Waals surface area contributed by atoms with E-state index >= 15 is 0 Å². The van der Waals surface area contributed by atoms with Gasteiger partial charge in [-0.3, -0.25) is 0 Å². The van der Waals surface area contributed by atoms with Crippen molar-refractivity contribution in [3.63, 3.8) is 0 Å². The molecular weight excluding hydrogens is 442 g/mol. The third kappa shape index (κ3) is 5.04. The van der Waals surface area contributed by atoms with Gasteiger partial charge in [-0.2, -0.15) is 4.31 Å². The van der Waals surface area contributed by atoms with Gasteiger partial charge in [0.15, 0.2) is 4.80 Å². The standard InChI is InChI=1S/C24H29N3O3S2/c1-19-8-7-13-26(17-19)32(28,29)22-12-6-9-20(16-22)23-18-31-24(27(23)14-15-30-2)25-21-10-4-3-5-11-21/h3-6,9-12,16,18-19H,7-8,13-15,17H2,1-2H3. The van der Waals surface area contributed by atoms with Crippen molar-refractivity contribution in [3.8, 4) is 11.3 Å². The molecule has 0 radical (unpaired) electrons. The SMILES string of the molecule is COCCn1c(-c2cccc(S(=O)(=O)N3CCCC(C)C3)c2)csc1=Nc1ccccc1. The second kappa shape index (κ2) is 10.1. The summed E-state index contributed by atoms with van der Waals surface area (Å²) in [5.74, 6) is 0.386. The van der Waals surface area contributed by atoms with Gasteiger partial charge in [-0.05, 0) is 43.0 Å². The van der Waals surface area contributed by atoms with Gasteiger partial charge in [-0.15, -0.1) is 11.3 Å². The van der Waals surface area contributed by atoms with Crippen molar-refractivity contribution in [3.05, 3.63) is 64.8 Å². The Morgan fingerprint density at radius 3 is 2.72 bits per heavy atom. The first-order valence-corrected chi connectivity index (χ1v) is 13.2. The number of aromatic nitrogens is 1. The fourth-order valence-corrected chi connectivity index (χ4v) is 6.59. The Labute approximate surface area is 193 Å². The summed E-state index contributed by atoms with van der Waals surface area (Å²) in [4.78, 5) is 5.98. The van der Waals surface area contributed by atoms with Gasteiger partial charge in [0.2, 0.25) is 10.0 Å². The maximum atomic E-state index is 13.3. The zero-order chi connectivity index (χ0) is 22.6. The highest BCUT2D eigenvalue weighted by Gasteiger charge is 2.29. The van der Waals surface area contributed by atoms with Crippen LogP contribution in [0.25, 0.3) is 11.3 Å². The molecule has 1 aliphatic rings. The first kappa shape index (κ1) is 22.9. The highest BCUT2D eigenvalue weighted by atomic mass is 32.2. The van der Waals surface area contributed by atoms with E-state index in [0.29, 0.717) is 37.1 Å². The van der Waals surface area contributed by atoms with Crippen molar-refractivity contribution in [1.82, 2.24) is 8.87 Å². The molecule has 2 aromatic carbocycles. The van der Waals surface area contributed by atoms with Crippen LogP contribution in [0.5, 0.6) is 0 Å². The van der Waals surface area contributed by atoms with Gasteiger partial charge in [0.25, 0.3) is 0 Å². The van der Waals surface area contributed by atoms with Gasteiger partial charge >= 0.3 is 0 Å². The summed E-state index contributed by atoms with van der Waals surface area (Å²) in [7, 11) is -1.84. The van der Waals surface area contributed by atoms with Gasteiger partial charge in [-0.25, -0.2) is 13.4 Å². The molecule has 1 atom stereocenters. The van der Waals surface area contributed by atoms with Crippen LogP contribution in [-0.4, -0.2) is 44.1 Å². The lowest BCUT2D eigenvalue weighted by molar-refractivity contribution is 0.187. The van der Waals surface area contributed by atoms with Crippen molar-refractivity contribution in [2.24, 2.45) is 10.9 Å². The number of hydrogen-bond donors (Lipinski definition) is 0. The van der Waals surface area contributed by atoms with E-state index in [1.807, 2.05) is 47.8 Å². The van der Waals surface area contributed by atoms with Crippen LogP contribution in [0.3, 0.4) is 0 Å². The summed E-state index contributed by atoms with van der Waals surface area (Å²) in [6.45, 7) is 4.44. The molecule has 0 saturated carbocycles. The lowest BCUT2D eigenvalue weighted by Crippen LogP contribution is -2.39. The molecular formula is C24H29N3O3S2. The second-order valence-corrected chi connectivity index (χ2v) is 10.9. The Kier molecular flexibility index (Phi) is 7.25. The van der Waals surface area contributed by atoms with Crippen LogP contribution in [0.15, 0.2) is 69.9 Å². The number of nitrogens with zero attached hydrogens (tertiary/aromatic N) is 3. The monoisotopic (exact) mass is 471 g/mol. The number of para-hydroxylation sites is 1. The quantitative estimate of drug-likeness (QED) is 0.509. The van der Waals surface area contributed by atoms with Gasteiger partial charge in [0.1, 0.15) is 0 Å². The number of piperidine rings is 1. The first-order chi connectivity index (χ1) is 15.5. The van der Waals surface area contributed by atoms with E-state index in [-0.39, 0.29) is 0 Å². The number of ether oxygens (including phenoxy) is 1. The van der Waals surface area contributed by atoms with E-state index < -0.39 is 10.0 Å². The molecule has 170 valence electrons. The Hall–Kier alpha value is -2.26. The minimum Gasteiger partial charge on any atom is -0.383 e. The molecule has 0 bridgehead atoms. The van der Waals surface area contributed by atoms with Crippen molar-refractivity contribution < 1.29 is 13.2 Å². The fraction of sp³-hybridized carbons (Fsp3) is 0.375. The van der Waals surface area contributed by atoms with Crippen molar-refractivity contribution in [1.29, 1.82) is 0 Å². The van der Waals surface area contributed by atoms with E-state index in [0.717, 1.165) is 34.6 Å². The summed E-state index contributed by atoms with van der Waals surface area (Å²) < 4.78 is 35.6. The van der Waals surface area contributed by atoms with Crippen LogP contribution in [-0.2, 0) is 21.3 Å². The van der Waals surface area contributed by atoms with Crippen LogP contribution < -0.4 is 4.80 Å². The summed E-state index contributed by atoms with van der Waals surface area (Å²) in [6, 6.07) is 17.1. The molecule has 2 heterocycles. The topological polar surface area (TPSA) is 63.9 Å². The van der Waals surface area contributed by atoms with E-state index in [2.05, 4.69) is 11.5 Å². The maximum Gasteiger partial charge on any atom is 0.243 e. The first-order valence-electron chi connectivity index (χ1n) is 10.9. The number of benzene rings is 2. The summed E-state index contributed by atoms with van der Waals surface area (Å²) in [5, 5.41) is 2.03. The predicted molar refractivity (Wildman–Crippen MR) is 128 cm³/mol. The van der Waals surface area contributed by atoms with Crippen LogP contribution >= 0.6 is 11.3 Å². The number of hydrogen-bond acceptors (Lipinski definition) is 5. The van der Waals surface area contributed by atoms with Crippen molar-refractivity contribution in [2.75, 3.05) is 26.8 Å². The second-order valence-electron chi connectivity index (χ2n) is 8.13. The van der Waals surface area contributed by atoms with Crippen LogP contribution in [0.2, 0.25) is 0 Å². The molecule has 1 aromatic heterocycles. The van der Waals surface area contributed by atoms with E-state index in [1.165, 1.54) is 11.3 Å². The van der Waals surface area contributed by atoms with Gasteiger partial charge in [0.05, 0.1) is 22.9 Å². The Morgan fingerprint density at radius 1 is 1.16 bits per heavy atom. The summed E-state index contributed by atoms with van der Waals surface area (Å²) >= 11 is 1.54. The number of sulfonamides is 1. The number of thiazole rings is 1. The smallest absolute Gasteiger partial charge is 0.243 e. The molecule has 6 nitrogen and oxygen atoms in total. The molecule has 0 N–H and O–H groups in total. The Balaban J connectivity index is 1.73. The highest BCUT2D eigenvalue weighted by Crippen LogP contribution is 2.28. The lowest BCUT2D eigenvalue weighted by Gasteiger charge is -2.30. The third-order valence-electron chi connectivity index (χ3n) is 5.68. The molecule has 0 aliphatic carbocycles. The summed E-state index contributed by atoms with van der Waals surface area (Å²) in [5.41, 5.74) is 2.67. The minimum atomic E-state index is -3.52. The number of methoxy groups -OCH3 is 1. The zero-order valence-corrected chi connectivity index (χ0v) is 20.1. The van der Waals surface area contributed by atoms with Gasteiger partial charge in [0, 0.05) is 37.7 Å². The molecule has 1 unspecified atom stereocenters. The van der Waals surface area contributed by atoms with Crippen LogP contribution in [0, 0.1) is 5.92 Å². The zero-order valence-electron chi connectivity index (χ0n) is 18.5. The van der Waals surface area contributed by atoms with Crippen LogP contribution in [0.4, 0.5) is 5.69 Å². The highest BCUT2D eigenvalue weighted by molar-refractivity contribution is 7.89. The molecule has 0 amide bonds. The predicted octanol–water partition coefficient (Wildman–Crippen LogP) is 4.52. The van der Waals surface area contributed by atoms with E-state index in [4.69, 9.17) is 9.73 Å². The fourth-order valence-electron chi connectivity index (χ4n) is 3.99. The van der Waals surface area contributed by atoms with Gasteiger partial charge < -0.3 is 9.30 Å². The molecule has 1 saturated heterocycles. The average molecular weight is 472 g/mol. The van der Waals surface area contributed by atoms with E-state index in [1.54, 1.807) is 23.5 Å². The van der Waals surface area contributed by atoms with E-state index in [9.17, 15) is 8.42 Å². The lowest BCUT2D eigenvalue weighted by atomic mass is 10.0. The number of rotatable bonds is 7. The Bertz CT molecular complexity index is 1220. The van der Waals surface area contributed by atoms with Gasteiger partial charge in [-0.1, -0.05) is 37.3 Å². The summed E-state index contributed by atoms with van der Waals surface area (Å²) in [6.07, 6.45) is 1.99. The van der Waals surface area contributed by atoms with Crippen molar-refractivity contribution >= 4 is 27.0 Å². The maximum absolute atomic E-state index is 13.3. The Morgan fingerprint density at radius 2 is 1.97 bits per heavy atom. The minimum absolute atomic E-state index is 0.343. The molecule has 8 heteroatoms. The molecule has 0 spiro atoms.